The molecular formula is C21H29N3O. The second-order valence-corrected chi connectivity index (χ2v) is 7.33. The highest BCUT2D eigenvalue weighted by Gasteiger charge is 2.24. The maximum Gasteiger partial charge on any atom is 0.223 e. The summed E-state index contributed by atoms with van der Waals surface area (Å²) >= 11 is 0. The summed E-state index contributed by atoms with van der Waals surface area (Å²) in [7, 11) is 1.96. The molecule has 0 radical (unpaired) electrons. The summed E-state index contributed by atoms with van der Waals surface area (Å²) < 4.78 is 1.91. The number of nitrogens with zero attached hydrogens (tertiary/aromatic N) is 3. The van der Waals surface area contributed by atoms with Gasteiger partial charge >= 0.3 is 0 Å². The second-order valence-electron chi connectivity index (χ2n) is 7.33. The second kappa shape index (κ2) is 7.85. The predicted octanol–water partition coefficient (Wildman–Crippen LogP) is 3.80. The molecule has 4 heteroatoms. The van der Waals surface area contributed by atoms with Crippen molar-refractivity contribution in [2.75, 3.05) is 6.54 Å². The molecule has 1 aromatic heterocycles. The Morgan fingerprint density at radius 2 is 1.96 bits per heavy atom. The highest BCUT2D eigenvalue weighted by atomic mass is 16.2. The van der Waals surface area contributed by atoms with E-state index in [0.717, 1.165) is 25.2 Å². The van der Waals surface area contributed by atoms with Crippen molar-refractivity contribution >= 4 is 5.91 Å². The van der Waals surface area contributed by atoms with Gasteiger partial charge in [-0.3, -0.25) is 9.48 Å². The average Bonchev–Trinajstić information content (AvgIpc) is 2.81. The first-order chi connectivity index (χ1) is 12.0. The van der Waals surface area contributed by atoms with Gasteiger partial charge in [-0.25, -0.2) is 0 Å². The molecule has 0 N–H and O–H groups in total. The van der Waals surface area contributed by atoms with Crippen LogP contribution >= 0.6 is 0 Å². The smallest absolute Gasteiger partial charge is 0.223 e. The van der Waals surface area contributed by atoms with Crippen molar-refractivity contribution in [1.29, 1.82) is 0 Å². The van der Waals surface area contributed by atoms with Gasteiger partial charge in [0.2, 0.25) is 5.91 Å². The molecule has 1 aromatic carbocycles. The summed E-state index contributed by atoms with van der Waals surface area (Å²) in [5, 5.41) is 4.46. The van der Waals surface area contributed by atoms with E-state index >= 15 is 0 Å². The minimum atomic E-state index is 0.262. The number of aromatic nitrogens is 2. The third-order valence-electron chi connectivity index (χ3n) is 5.52. The lowest BCUT2D eigenvalue weighted by atomic mass is 9.85. The highest BCUT2D eigenvalue weighted by molar-refractivity contribution is 5.76. The molecule has 25 heavy (non-hydrogen) atoms. The molecule has 0 atom stereocenters. The fourth-order valence-corrected chi connectivity index (χ4v) is 3.61. The Labute approximate surface area is 150 Å². The Kier molecular flexibility index (Phi) is 5.57. The maximum absolute atomic E-state index is 12.9. The van der Waals surface area contributed by atoms with Crippen LogP contribution < -0.4 is 0 Å². The van der Waals surface area contributed by atoms with Gasteiger partial charge in [0.15, 0.2) is 0 Å². The summed E-state index contributed by atoms with van der Waals surface area (Å²) in [6.07, 6.45) is 5.18. The van der Waals surface area contributed by atoms with Gasteiger partial charge in [-0.15, -0.1) is 0 Å². The molecule has 0 bridgehead atoms. The number of rotatable bonds is 7. The van der Waals surface area contributed by atoms with Gasteiger partial charge in [-0.1, -0.05) is 36.8 Å². The van der Waals surface area contributed by atoms with E-state index in [1.165, 1.54) is 36.1 Å². The van der Waals surface area contributed by atoms with E-state index in [2.05, 4.69) is 29.1 Å². The van der Waals surface area contributed by atoms with E-state index in [4.69, 9.17) is 0 Å². The van der Waals surface area contributed by atoms with Crippen LogP contribution in [0.25, 0.3) is 0 Å². The number of amides is 1. The van der Waals surface area contributed by atoms with Crippen LogP contribution in [0.2, 0.25) is 0 Å². The van der Waals surface area contributed by atoms with Gasteiger partial charge in [-0.2, -0.15) is 5.10 Å². The Balaban J connectivity index is 1.65. The largest absolute Gasteiger partial charge is 0.338 e. The van der Waals surface area contributed by atoms with Gasteiger partial charge in [0, 0.05) is 32.3 Å². The summed E-state index contributed by atoms with van der Waals surface area (Å²) in [6.45, 7) is 5.73. The molecular weight excluding hydrogens is 310 g/mol. The van der Waals surface area contributed by atoms with E-state index in [9.17, 15) is 4.79 Å². The molecule has 1 saturated carbocycles. The highest BCUT2D eigenvalue weighted by Crippen LogP contribution is 2.28. The monoisotopic (exact) mass is 339 g/mol. The minimum Gasteiger partial charge on any atom is -0.338 e. The summed E-state index contributed by atoms with van der Waals surface area (Å²) in [5.74, 6) is 0.952. The molecule has 1 aliphatic carbocycles. The third-order valence-corrected chi connectivity index (χ3v) is 5.52. The van der Waals surface area contributed by atoms with Crippen LogP contribution in [-0.4, -0.2) is 27.1 Å². The molecule has 134 valence electrons. The molecule has 0 aliphatic heterocycles. The van der Waals surface area contributed by atoms with Gasteiger partial charge < -0.3 is 4.90 Å². The number of aryl methyl sites for hydroxylation is 2. The molecule has 3 rings (SSSR count). The molecule has 2 aromatic rings. The number of hydrogen-bond donors (Lipinski definition) is 0. The van der Waals surface area contributed by atoms with E-state index in [1.54, 1.807) is 0 Å². The lowest BCUT2D eigenvalue weighted by Gasteiger charge is -2.32. The normalized spacial score (nSPS) is 14.4. The van der Waals surface area contributed by atoms with Crippen molar-refractivity contribution in [2.24, 2.45) is 13.0 Å². The quantitative estimate of drug-likeness (QED) is 0.769. The summed E-state index contributed by atoms with van der Waals surface area (Å²) in [5.41, 5.74) is 4.64. The van der Waals surface area contributed by atoms with Crippen LogP contribution in [0.5, 0.6) is 0 Å². The first-order valence-corrected chi connectivity index (χ1v) is 9.35. The average molecular weight is 339 g/mol. The van der Waals surface area contributed by atoms with E-state index in [1.807, 2.05) is 36.9 Å². The van der Waals surface area contributed by atoms with E-state index in [-0.39, 0.29) is 5.91 Å². The topological polar surface area (TPSA) is 38.1 Å². The third kappa shape index (κ3) is 4.30. The molecule has 0 unspecified atom stereocenters. The Morgan fingerprint density at radius 3 is 2.52 bits per heavy atom. The molecule has 1 fully saturated rings. The van der Waals surface area contributed by atoms with E-state index < -0.39 is 0 Å². The molecule has 1 aliphatic rings. The lowest BCUT2D eigenvalue weighted by molar-refractivity contribution is -0.132. The zero-order valence-corrected chi connectivity index (χ0v) is 15.7. The Morgan fingerprint density at radius 1 is 1.24 bits per heavy atom. The van der Waals surface area contributed by atoms with E-state index in [0.29, 0.717) is 12.3 Å². The Hall–Kier alpha value is -2.10. The number of carbonyl (C=O) groups excluding carboxylic acids is 1. The molecule has 0 saturated heterocycles. The SMILES string of the molecule is Cc1nn(C)c(C)c1CCC(=O)N(Cc1ccccc1)CC1CCC1. The van der Waals surface area contributed by atoms with Crippen molar-refractivity contribution < 1.29 is 4.79 Å². The zero-order valence-electron chi connectivity index (χ0n) is 15.7. The van der Waals surface area contributed by atoms with Crippen LogP contribution in [0.1, 0.15) is 48.2 Å². The van der Waals surface area contributed by atoms with Gasteiger partial charge in [0.05, 0.1) is 5.69 Å². The molecule has 1 amide bonds. The molecule has 1 heterocycles. The van der Waals surface area contributed by atoms with Crippen LogP contribution in [-0.2, 0) is 24.8 Å². The van der Waals surface area contributed by atoms with Gasteiger partial charge in [0.1, 0.15) is 0 Å². The number of benzene rings is 1. The van der Waals surface area contributed by atoms with Crippen molar-refractivity contribution in [3.05, 3.63) is 52.8 Å². The number of carbonyl (C=O) groups is 1. The van der Waals surface area contributed by atoms with Crippen molar-refractivity contribution in [3.8, 4) is 0 Å². The predicted molar refractivity (Wildman–Crippen MR) is 100 cm³/mol. The zero-order chi connectivity index (χ0) is 17.8. The lowest BCUT2D eigenvalue weighted by Crippen LogP contribution is -2.37. The first kappa shape index (κ1) is 17.7. The fourth-order valence-electron chi connectivity index (χ4n) is 3.61. The van der Waals surface area contributed by atoms with Crippen LogP contribution in [0.15, 0.2) is 30.3 Å². The van der Waals surface area contributed by atoms with Crippen LogP contribution in [0, 0.1) is 19.8 Å². The minimum absolute atomic E-state index is 0.262. The van der Waals surface area contributed by atoms with Gasteiger partial charge in [-0.05, 0) is 50.2 Å². The van der Waals surface area contributed by atoms with Gasteiger partial charge in [0.25, 0.3) is 0 Å². The van der Waals surface area contributed by atoms with Crippen molar-refractivity contribution in [3.63, 3.8) is 0 Å². The van der Waals surface area contributed by atoms with Crippen LogP contribution in [0.3, 0.4) is 0 Å². The standard InChI is InChI=1S/C21H29N3O/c1-16-20(17(2)23(3)22-16)12-13-21(25)24(15-19-10-7-11-19)14-18-8-5-4-6-9-18/h4-6,8-9,19H,7,10-15H2,1-3H3. The summed E-state index contributed by atoms with van der Waals surface area (Å²) in [4.78, 5) is 15.0. The summed E-state index contributed by atoms with van der Waals surface area (Å²) in [6, 6.07) is 10.3. The molecule has 4 nitrogen and oxygen atoms in total. The van der Waals surface area contributed by atoms with Crippen molar-refractivity contribution in [1.82, 2.24) is 14.7 Å². The van der Waals surface area contributed by atoms with Crippen molar-refractivity contribution in [2.45, 2.75) is 52.5 Å². The maximum atomic E-state index is 12.9. The fraction of sp³-hybridized carbons (Fsp3) is 0.524. The number of hydrogen-bond acceptors (Lipinski definition) is 2. The first-order valence-electron chi connectivity index (χ1n) is 9.35. The Bertz CT molecular complexity index is 716. The van der Waals surface area contributed by atoms with Crippen LogP contribution in [0.4, 0.5) is 0 Å². The molecule has 0 spiro atoms.